The Labute approximate surface area is 112 Å². The number of aromatic nitrogens is 2. The third-order valence-corrected chi connectivity index (χ3v) is 2.66. The van der Waals surface area contributed by atoms with E-state index in [9.17, 15) is 4.79 Å². The molecular weight excluding hydrogens is 246 g/mol. The van der Waals surface area contributed by atoms with Gasteiger partial charge in [-0.1, -0.05) is 5.16 Å². The Kier molecular flexibility index (Phi) is 4.07. The Morgan fingerprint density at radius 3 is 2.84 bits per heavy atom. The fraction of sp³-hybridized carbons (Fsp3) is 0.769. The van der Waals surface area contributed by atoms with Gasteiger partial charge < -0.3 is 14.6 Å². The van der Waals surface area contributed by atoms with Crippen LogP contribution in [0, 0.1) is 0 Å². The summed E-state index contributed by atoms with van der Waals surface area (Å²) in [7, 11) is 0. The summed E-state index contributed by atoms with van der Waals surface area (Å²) in [6.07, 6.45) is 3.37. The van der Waals surface area contributed by atoms with Crippen molar-refractivity contribution in [3.05, 3.63) is 11.7 Å². The number of nitrogens with zero attached hydrogens (tertiary/aromatic N) is 2. The Hall–Kier alpha value is -1.59. The number of aryl methyl sites for hydroxylation is 1. The lowest BCUT2D eigenvalue weighted by molar-refractivity contribution is 0.0527. The van der Waals surface area contributed by atoms with E-state index in [1.54, 1.807) is 0 Å². The highest BCUT2D eigenvalue weighted by Crippen LogP contribution is 2.38. The molecule has 1 aliphatic rings. The summed E-state index contributed by atoms with van der Waals surface area (Å²) >= 11 is 0. The molecule has 1 aromatic heterocycles. The van der Waals surface area contributed by atoms with E-state index in [1.807, 2.05) is 20.8 Å². The van der Waals surface area contributed by atoms with E-state index in [1.165, 1.54) is 12.8 Å². The number of carbonyl (C=O) groups is 1. The smallest absolute Gasteiger partial charge is 0.407 e. The Morgan fingerprint density at radius 1 is 1.47 bits per heavy atom. The average Bonchev–Trinajstić information content (AvgIpc) is 3.03. The van der Waals surface area contributed by atoms with Crippen LogP contribution in [0.4, 0.5) is 4.79 Å². The molecule has 6 heteroatoms. The predicted molar refractivity (Wildman–Crippen MR) is 68.8 cm³/mol. The third kappa shape index (κ3) is 4.89. The second-order valence-electron chi connectivity index (χ2n) is 5.85. The van der Waals surface area contributed by atoms with E-state index < -0.39 is 11.7 Å². The summed E-state index contributed by atoms with van der Waals surface area (Å²) in [4.78, 5) is 15.7. The fourth-order valence-corrected chi connectivity index (χ4v) is 1.62. The summed E-state index contributed by atoms with van der Waals surface area (Å²) in [5.41, 5.74) is -0.463. The van der Waals surface area contributed by atoms with Crippen LogP contribution in [0.2, 0.25) is 0 Å². The number of amides is 1. The average molecular weight is 267 g/mol. The maximum atomic E-state index is 11.4. The molecular formula is C13H21N3O3. The van der Waals surface area contributed by atoms with Gasteiger partial charge in [0.2, 0.25) is 5.89 Å². The van der Waals surface area contributed by atoms with Crippen molar-refractivity contribution in [3.8, 4) is 0 Å². The van der Waals surface area contributed by atoms with Crippen molar-refractivity contribution in [2.24, 2.45) is 0 Å². The van der Waals surface area contributed by atoms with Gasteiger partial charge in [0.1, 0.15) is 5.60 Å². The highest BCUT2D eigenvalue weighted by molar-refractivity contribution is 5.67. The number of ether oxygens (including phenoxy) is 1. The first-order valence-corrected chi connectivity index (χ1v) is 6.73. The van der Waals surface area contributed by atoms with E-state index in [0.29, 0.717) is 24.8 Å². The quantitative estimate of drug-likeness (QED) is 0.829. The monoisotopic (exact) mass is 267 g/mol. The van der Waals surface area contributed by atoms with Crippen LogP contribution in [0.3, 0.4) is 0 Å². The number of carbonyl (C=O) groups excluding carboxylic acids is 1. The van der Waals surface area contributed by atoms with Gasteiger partial charge in [-0.25, -0.2) is 4.79 Å². The first kappa shape index (κ1) is 13.8. The molecule has 1 aromatic rings. The van der Waals surface area contributed by atoms with Crippen molar-refractivity contribution >= 4 is 6.09 Å². The van der Waals surface area contributed by atoms with Gasteiger partial charge in [0.05, 0.1) is 0 Å². The summed E-state index contributed by atoms with van der Waals surface area (Å²) < 4.78 is 10.3. The van der Waals surface area contributed by atoms with Crippen molar-refractivity contribution in [2.45, 2.75) is 58.0 Å². The molecule has 1 aliphatic carbocycles. The molecule has 0 aromatic carbocycles. The minimum Gasteiger partial charge on any atom is -0.444 e. The molecule has 0 saturated heterocycles. The molecule has 0 aliphatic heterocycles. The van der Waals surface area contributed by atoms with Crippen LogP contribution in [0.1, 0.15) is 57.7 Å². The number of hydrogen-bond acceptors (Lipinski definition) is 5. The van der Waals surface area contributed by atoms with Crippen LogP contribution in [-0.4, -0.2) is 28.4 Å². The summed E-state index contributed by atoms with van der Waals surface area (Å²) in [6.45, 7) is 6.05. The van der Waals surface area contributed by atoms with E-state index in [2.05, 4.69) is 15.5 Å². The summed E-state index contributed by atoms with van der Waals surface area (Å²) in [5.74, 6) is 1.99. The Morgan fingerprint density at radius 2 is 2.21 bits per heavy atom. The zero-order valence-electron chi connectivity index (χ0n) is 11.7. The second-order valence-corrected chi connectivity index (χ2v) is 5.85. The first-order chi connectivity index (χ1) is 8.94. The molecule has 106 valence electrons. The van der Waals surface area contributed by atoms with Crippen LogP contribution in [-0.2, 0) is 11.2 Å². The topological polar surface area (TPSA) is 77.2 Å². The minimum atomic E-state index is -0.463. The van der Waals surface area contributed by atoms with E-state index in [4.69, 9.17) is 9.26 Å². The molecule has 6 nitrogen and oxygen atoms in total. The van der Waals surface area contributed by atoms with Crippen molar-refractivity contribution in [2.75, 3.05) is 6.54 Å². The zero-order valence-corrected chi connectivity index (χ0v) is 11.7. The van der Waals surface area contributed by atoms with Gasteiger partial charge in [0, 0.05) is 18.9 Å². The van der Waals surface area contributed by atoms with Crippen molar-refractivity contribution < 1.29 is 14.1 Å². The summed E-state index contributed by atoms with van der Waals surface area (Å²) in [6, 6.07) is 0. The largest absolute Gasteiger partial charge is 0.444 e. The zero-order chi connectivity index (χ0) is 13.9. The van der Waals surface area contributed by atoms with E-state index >= 15 is 0 Å². The third-order valence-electron chi connectivity index (χ3n) is 2.66. The molecule has 19 heavy (non-hydrogen) atoms. The molecule has 1 amide bonds. The van der Waals surface area contributed by atoms with Crippen LogP contribution >= 0.6 is 0 Å². The maximum absolute atomic E-state index is 11.4. The van der Waals surface area contributed by atoms with E-state index in [0.717, 1.165) is 12.2 Å². The molecule has 0 bridgehead atoms. The molecule has 1 N–H and O–H groups in total. The van der Waals surface area contributed by atoms with E-state index in [-0.39, 0.29) is 0 Å². The molecule has 1 heterocycles. The predicted octanol–water partition coefficient (Wildman–Crippen LogP) is 2.40. The molecule has 1 fully saturated rings. The highest BCUT2D eigenvalue weighted by atomic mass is 16.6. The summed E-state index contributed by atoms with van der Waals surface area (Å²) in [5, 5.41) is 6.64. The van der Waals surface area contributed by atoms with Crippen molar-refractivity contribution in [1.82, 2.24) is 15.5 Å². The van der Waals surface area contributed by atoms with Gasteiger partial charge in [-0.3, -0.25) is 0 Å². The molecule has 0 radical (unpaired) electrons. The number of rotatable bonds is 5. The number of hydrogen-bond donors (Lipinski definition) is 1. The second kappa shape index (κ2) is 5.59. The van der Waals surface area contributed by atoms with Crippen LogP contribution in [0.15, 0.2) is 4.52 Å². The lowest BCUT2D eigenvalue weighted by Gasteiger charge is -2.19. The molecule has 0 unspecified atom stereocenters. The standard InChI is InChI=1S/C13H21N3O3/c1-13(2,3)18-12(17)14-8-4-5-10-15-11(16-19-10)9-6-7-9/h9H,4-8H2,1-3H3,(H,14,17). The normalized spacial score (nSPS) is 15.3. The molecule has 0 spiro atoms. The van der Waals surface area contributed by atoms with Crippen LogP contribution in [0.5, 0.6) is 0 Å². The number of alkyl carbamates (subject to hydrolysis) is 1. The Balaban J connectivity index is 1.62. The fourth-order valence-electron chi connectivity index (χ4n) is 1.62. The van der Waals surface area contributed by atoms with Gasteiger partial charge in [-0.05, 0) is 40.0 Å². The highest BCUT2D eigenvalue weighted by Gasteiger charge is 2.28. The number of nitrogens with one attached hydrogen (secondary N) is 1. The Bertz CT molecular complexity index is 433. The van der Waals surface area contributed by atoms with Gasteiger partial charge in [0.15, 0.2) is 5.82 Å². The molecule has 1 saturated carbocycles. The minimum absolute atomic E-state index is 0.392. The van der Waals surface area contributed by atoms with Crippen molar-refractivity contribution in [3.63, 3.8) is 0 Å². The lowest BCUT2D eigenvalue weighted by atomic mass is 10.2. The first-order valence-electron chi connectivity index (χ1n) is 6.73. The lowest BCUT2D eigenvalue weighted by Crippen LogP contribution is -2.33. The van der Waals surface area contributed by atoms with Crippen LogP contribution in [0.25, 0.3) is 0 Å². The van der Waals surface area contributed by atoms with Crippen molar-refractivity contribution in [1.29, 1.82) is 0 Å². The van der Waals surface area contributed by atoms with Gasteiger partial charge >= 0.3 is 6.09 Å². The SMILES string of the molecule is CC(C)(C)OC(=O)NCCCc1nc(C2CC2)no1. The van der Waals surface area contributed by atoms with Crippen LogP contribution < -0.4 is 5.32 Å². The molecule has 2 rings (SSSR count). The maximum Gasteiger partial charge on any atom is 0.407 e. The van der Waals surface area contributed by atoms with Gasteiger partial charge in [-0.2, -0.15) is 4.98 Å². The molecule has 0 atom stereocenters. The van der Waals surface area contributed by atoms with Gasteiger partial charge in [0.25, 0.3) is 0 Å². The van der Waals surface area contributed by atoms with Gasteiger partial charge in [-0.15, -0.1) is 0 Å².